The van der Waals surface area contributed by atoms with Crippen LogP contribution in [0.3, 0.4) is 0 Å². The van der Waals surface area contributed by atoms with Crippen LogP contribution >= 0.6 is 0 Å². The number of aliphatic hydroxyl groups excluding tert-OH is 1. The zero-order valence-electron chi connectivity index (χ0n) is 14.3. The molecule has 3 unspecified atom stereocenters. The molecule has 0 aromatic rings. The van der Waals surface area contributed by atoms with Crippen molar-refractivity contribution < 1.29 is 14.6 Å². The van der Waals surface area contributed by atoms with Crippen molar-refractivity contribution >= 4 is 6.09 Å². The van der Waals surface area contributed by atoms with Crippen LogP contribution in [0.2, 0.25) is 0 Å². The summed E-state index contributed by atoms with van der Waals surface area (Å²) in [5, 5.41) is 13.3. The van der Waals surface area contributed by atoms with Crippen LogP contribution in [-0.4, -0.2) is 54.0 Å². The minimum atomic E-state index is -0.430. The number of likely N-dealkylation sites (tertiary alicyclic amines) is 1. The van der Waals surface area contributed by atoms with Crippen molar-refractivity contribution in [2.45, 2.75) is 64.6 Å². The number of rotatable bonds is 4. The maximum absolute atomic E-state index is 12.1. The normalized spacial score (nSPS) is 29.6. The van der Waals surface area contributed by atoms with E-state index in [1.807, 2.05) is 25.7 Å². The van der Waals surface area contributed by atoms with Crippen molar-refractivity contribution in [1.29, 1.82) is 0 Å². The first kappa shape index (κ1) is 17.5. The number of piperidine rings is 1. The lowest BCUT2D eigenvalue weighted by Crippen LogP contribution is -2.45. The van der Waals surface area contributed by atoms with E-state index >= 15 is 0 Å². The summed E-state index contributed by atoms with van der Waals surface area (Å²) < 4.78 is 5.46. The van der Waals surface area contributed by atoms with E-state index in [9.17, 15) is 9.90 Å². The average Bonchev–Trinajstić information content (AvgIpc) is 2.83. The summed E-state index contributed by atoms with van der Waals surface area (Å²) in [6, 6.07) is 0. The summed E-state index contributed by atoms with van der Waals surface area (Å²) >= 11 is 0. The molecule has 22 heavy (non-hydrogen) atoms. The maximum Gasteiger partial charge on any atom is 0.410 e. The van der Waals surface area contributed by atoms with Crippen LogP contribution in [0, 0.1) is 11.8 Å². The number of carbonyl (C=O) groups is 1. The number of aliphatic hydroxyl groups is 1. The third kappa shape index (κ3) is 5.43. The molecule has 0 bridgehead atoms. The molecule has 0 spiro atoms. The highest BCUT2D eigenvalue weighted by atomic mass is 16.6. The van der Waals surface area contributed by atoms with E-state index < -0.39 is 5.60 Å². The Morgan fingerprint density at radius 1 is 1.23 bits per heavy atom. The van der Waals surface area contributed by atoms with E-state index in [1.165, 1.54) is 0 Å². The van der Waals surface area contributed by atoms with Crippen molar-refractivity contribution in [3.63, 3.8) is 0 Å². The molecule has 5 nitrogen and oxygen atoms in total. The van der Waals surface area contributed by atoms with Gasteiger partial charge in [0.15, 0.2) is 0 Å². The maximum atomic E-state index is 12.1. The molecule has 2 N–H and O–H groups in total. The van der Waals surface area contributed by atoms with Gasteiger partial charge in [0, 0.05) is 19.6 Å². The molecule has 1 saturated heterocycles. The molecule has 1 aliphatic carbocycles. The van der Waals surface area contributed by atoms with Gasteiger partial charge in [0.25, 0.3) is 0 Å². The Balaban J connectivity index is 1.70. The van der Waals surface area contributed by atoms with Crippen molar-refractivity contribution in [3.8, 4) is 0 Å². The van der Waals surface area contributed by atoms with Gasteiger partial charge in [-0.2, -0.15) is 0 Å². The first-order valence-electron chi connectivity index (χ1n) is 8.72. The second kappa shape index (κ2) is 7.64. The lowest BCUT2D eigenvalue weighted by molar-refractivity contribution is 0.0165. The molecule has 128 valence electrons. The topological polar surface area (TPSA) is 61.8 Å². The molecule has 0 aromatic carbocycles. The van der Waals surface area contributed by atoms with Crippen molar-refractivity contribution in [3.05, 3.63) is 0 Å². The van der Waals surface area contributed by atoms with E-state index in [-0.39, 0.29) is 12.2 Å². The number of nitrogens with zero attached hydrogens (tertiary/aromatic N) is 1. The van der Waals surface area contributed by atoms with Gasteiger partial charge in [-0.05, 0) is 64.8 Å². The molecule has 1 amide bonds. The Bertz CT molecular complexity index is 367. The molecular weight excluding hydrogens is 280 g/mol. The molecule has 1 aliphatic heterocycles. The molecule has 1 heterocycles. The van der Waals surface area contributed by atoms with Gasteiger partial charge in [-0.25, -0.2) is 4.79 Å². The van der Waals surface area contributed by atoms with Gasteiger partial charge in [0.2, 0.25) is 0 Å². The Labute approximate surface area is 134 Å². The fourth-order valence-electron chi connectivity index (χ4n) is 3.45. The van der Waals surface area contributed by atoms with Gasteiger partial charge in [-0.3, -0.25) is 0 Å². The molecule has 0 radical (unpaired) electrons. The third-order valence-corrected chi connectivity index (χ3v) is 4.63. The fraction of sp³-hybridized carbons (Fsp3) is 0.941. The van der Waals surface area contributed by atoms with E-state index in [2.05, 4.69) is 5.32 Å². The smallest absolute Gasteiger partial charge is 0.410 e. The molecule has 5 heteroatoms. The SMILES string of the molecule is CC(C)(C)OC(=O)N1CCCC(CNCC2CCCC2O)C1. The van der Waals surface area contributed by atoms with E-state index in [0.717, 1.165) is 58.3 Å². The van der Waals surface area contributed by atoms with Crippen LogP contribution < -0.4 is 5.32 Å². The standard InChI is InChI=1S/C17H32N2O3/c1-17(2,3)22-16(21)19-9-5-6-13(12-19)10-18-11-14-7-4-8-15(14)20/h13-15,18,20H,4-12H2,1-3H3. The number of nitrogens with one attached hydrogen (secondary N) is 1. The van der Waals surface area contributed by atoms with Crippen LogP contribution in [0.25, 0.3) is 0 Å². The van der Waals surface area contributed by atoms with Gasteiger partial charge in [-0.1, -0.05) is 6.42 Å². The predicted molar refractivity (Wildman–Crippen MR) is 86.7 cm³/mol. The zero-order valence-corrected chi connectivity index (χ0v) is 14.3. The van der Waals surface area contributed by atoms with E-state index in [1.54, 1.807) is 0 Å². The Hall–Kier alpha value is -0.810. The lowest BCUT2D eigenvalue weighted by atomic mass is 9.97. The predicted octanol–water partition coefficient (Wildman–Crippen LogP) is 2.38. The number of ether oxygens (including phenoxy) is 1. The van der Waals surface area contributed by atoms with Crippen LogP contribution in [0.15, 0.2) is 0 Å². The van der Waals surface area contributed by atoms with Crippen LogP contribution in [0.1, 0.15) is 52.9 Å². The highest BCUT2D eigenvalue weighted by Gasteiger charge is 2.28. The highest BCUT2D eigenvalue weighted by Crippen LogP contribution is 2.25. The molecule has 1 saturated carbocycles. The van der Waals surface area contributed by atoms with E-state index in [0.29, 0.717) is 11.8 Å². The van der Waals surface area contributed by atoms with Gasteiger partial charge in [-0.15, -0.1) is 0 Å². The first-order valence-corrected chi connectivity index (χ1v) is 8.72. The van der Waals surface area contributed by atoms with Crippen molar-refractivity contribution in [2.24, 2.45) is 11.8 Å². The molecule has 2 fully saturated rings. The van der Waals surface area contributed by atoms with Gasteiger partial charge >= 0.3 is 6.09 Å². The summed E-state index contributed by atoms with van der Waals surface area (Å²) in [6.07, 6.45) is 5.09. The van der Waals surface area contributed by atoms with Crippen molar-refractivity contribution in [2.75, 3.05) is 26.2 Å². The highest BCUT2D eigenvalue weighted by molar-refractivity contribution is 5.68. The summed E-state index contributed by atoms with van der Waals surface area (Å²) in [6.45, 7) is 9.09. The van der Waals surface area contributed by atoms with Gasteiger partial charge in [0.05, 0.1) is 6.10 Å². The summed E-state index contributed by atoms with van der Waals surface area (Å²) in [7, 11) is 0. The Morgan fingerprint density at radius 3 is 2.64 bits per heavy atom. The minimum Gasteiger partial charge on any atom is -0.444 e. The molecule has 2 aliphatic rings. The number of hydrogen-bond donors (Lipinski definition) is 2. The molecule has 2 rings (SSSR count). The second-order valence-corrected chi connectivity index (χ2v) is 7.85. The quantitative estimate of drug-likeness (QED) is 0.837. The van der Waals surface area contributed by atoms with E-state index in [4.69, 9.17) is 4.74 Å². The molecule has 3 atom stereocenters. The molecule has 0 aromatic heterocycles. The minimum absolute atomic E-state index is 0.128. The monoisotopic (exact) mass is 312 g/mol. The number of carbonyl (C=O) groups excluding carboxylic acids is 1. The first-order chi connectivity index (χ1) is 10.3. The Kier molecular flexibility index (Phi) is 6.09. The molecular formula is C17H32N2O3. The number of hydrogen-bond acceptors (Lipinski definition) is 4. The number of amides is 1. The summed E-state index contributed by atoms with van der Waals surface area (Å²) in [5.41, 5.74) is -0.430. The van der Waals surface area contributed by atoms with Crippen LogP contribution in [0.5, 0.6) is 0 Å². The second-order valence-electron chi connectivity index (χ2n) is 7.85. The van der Waals surface area contributed by atoms with Gasteiger partial charge in [0.1, 0.15) is 5.60 Å². The largest absolute Gasteiger partial charge is 0.444 e. The van der Waals surface area contributed by atoms with Crippen LogP contribution in [0.4, 0.5) is 4.79 Å². The van der Waals surface area contributed by atoms with Crippen LogP contribution in [-0.2, 0) is 4.74 Å². The average molecular weight is 312 g/mol. The fourth-order valence-corrected chi connectivity index (χ4v) is 3.45. The van der Waals surface area contributed by atoms with Gasteiger partial charge < -0.3 is 20.1 Å². The third-order valence-electron chi connectivity index (χ3n) is 4.63. The lowest BCUT2D eigenvalue weighted by Gasteiger charge is -2.34. The summed E-state index contributed by atoms with van der Waals surface area (Å²) in [4.78, 5) is 14.0. The van der Waals surface area contributed by atoms with Crippen molar-refractivity contribution in [1.82, 2.24) is 10.2 Å². The zero-order chi connectivity index (χ0) is 16.2. The summed E-state index contributed by atoms with van der Waals surface area (Å²) in [5.74, 6) is 0.894. The Morgan fingerprint density at radius 2 is 2.00 bits per heavy atom.